The number of ether oxygens (including phenoxy) is 1. The molecule has 0 amide bonds. The van der Waals surface area contributed by atoms with E-state index in [4.69, 9.17) is 16.3 Å². The van der Waals surface area contributed by atoms with Gasteiger partial charge < -0.3 is 10.1 Å². The van der Waals surface area contributed by atoms with Gasteiger partial charge in [-0.25, -0.2) is 4.98 Å². The summed E-state index contributed by atoms with van der Waals surface area (Å²) < 4.78 is 42.5. The Morgan fingerprint density at radius 2 is 2.24 bits per heavy atom. The summed E-state index contributed by atoms with van der Waals surface area (Å²) in [7, 11) is 0. The van der Waals surface area contributed by atoms with Crippen molar-refractivity contribution in [1.82, 2.24) is 10.3 Å². The van der Waals surface area contributed by atoms with Gasteiger partial charge in [-0.05, 0) is 19.0 Å². The highest BCUT2D eigenvalue weighted by molar-refractivity contribution is 6.31. The van der Waals surface area contributed by atoms with E-state index >= 15 is 0 Å². The highest BCUT2D eigenvalue weighted by Crippen LogP contribution is 2.33. The van der Waals surface area contributed by atoms with Crippen LogP contribution in [0.1, 0.15) is 12.0 Å². The van der Waals surface area contributed by atoms with Gasteiger partial charge >= 0.3 is 6.18 Å². The maximum atomic E-state index is 12.4. The molecular weight excluding hydrogens is 257 g/mol. The molecule has 1 atom stereocenters. The van der Waals surface area contributed by atoms with Crippen molar-refractivity contribution in [2.75, 3.05) is 13.1 Å². The van der Waals surface area contributed by atoms with Gasteiger partial charge in [0.1, 0.15) is 11.1 Å². The lowest BCUT2D eigenvalue weighted by Crippen LogP contribution is -2.20. The molecule has 2 heterocycles. The summed E-state index contributed by atoms with van der Waals surface area (Å²) in [5.41, 5.74) is -0.876. The maximum Gasteiger partial charge on any atom is 0.417 e. The van der Waals surface area contributed by atoms with Crippen LogP contribution in [0.5, 0.6) is 5.88 Å². The number of aromatic nitrogens is 1. The highest BCUT2D eigenvalue weighted by Gasteiger charge is 2.32. The molecule has 17 heavy (non-hydrogen) atoms. The molecule has 0 bridgehead atoms. The molecule has 3 nitrogen and oxygen atoms in total. The van der Waals surface area contributed by atoms with Crippen molar-refractivity contribution in [3.63, 3.8) is 0 Å². The first-order chi connectivity index (χ1) is 7.97. The van der Waals surface area contributed by atoms with Crippen molar-refractivity contribution < 1.29 is 17.9 Å². The normalized spacial score (nSPS) is 20.6. The first-order valence-corrected chi connectivity index (χ1v) is 5.45. The van der Waals surface area contributed by atoms with Crippen LogP contribution >= 0.6 is 11.6 Å². The molecule has 0 spiro atoms. The molecule has 0 radical (unpaired) electrons. The molecule has 0 aliphatic carbocycles. The molecule has 94 valence electrons. The predicted octanol–water partition coefficient (Wildman–Crippen LogP) is 2.49. The molecule has 7 heteroatoms. The highest BCUT2D eigenvalue weighted by atomic mass is 35.5. The Morgan fingerprint density at radius 3 is 2.76 bits per heavy atom. The number of rotatable bonds is 2. The summed E-state index contributed by atoms with van der Waals surface area (Å²) in [4.78, 5) is 3.61. The second kappa shape index (κ2) is 4.70. The van der Waals surface area contributed by atoms with Crippen LogP contribution in [0.25, 0.3) is 0 Å². The van der Waals surface area contributed by atoms with Crippen molar-refractivity contribution in [2.24, 2.45) is 0 Å². The summed E-state index contributed by atoms with van der Waals surface area (Å²) in [6.07, 6.45) is -3.01. The first-order valence-electron chi connectivity index (χ1n) is 5.07. The third kappa shape index (κ3) is 3.01. The topological polar surface area (TPSA) is 34.1 Å². The van der Waals surface area contributed by atoms with Gasteiger partial charge in [0.25, 0.3) is 0 Å². The quantitative estimate of drug-likeness (QED) is 0.893. The van der Waals surface area contributed by atoms with Crippen LogP contribution < -0.4 is 10.1 Å². The minimum atomic E-state index is -4.44. The Balaban J connectivity index is 2.14. The van der Waals surface area contributed by atoms with Crippen molar-refractivity contribution in [3.8, 4) is 5.88 Å². The largest absolute Gasteiger partial charge is 0.472 e. The molecule has 1 saturated heterocycles. The summed E-state index contributed by atoms with van der Waals surface area (Å²) in [6.45, 7) is 1.47. The molecule has 0 unspecified atom stereocenters. The van der Waals surface area contributed by atoms with Crippen molar-refractivity contribution in [3.05, 3.63) is 22.8 Å². The molecular formula is C10H10ClF3N2O. The Hall–Kier alpha value is -1.01. The van der Waals surface area contributed by atoms with E-state index in [1.165, 1.54) is 0 Å². The Morgan fingerprint density at radius 1 is 1.47 bits per heavy atom. The number of pyridine rings is 1. The monoisotopic (exact) mass is 266 g/mol. The van der Waals surface area contributed by atoms with Gasteiger partial charge in [-0.3, -0.25) is 0 Å². The van der Waals surface area contributed by atoms with E-state index in [-0.39, 0.29) is 17.0 Å². The summed E-state index contributed by atoms with van der Waals surface area (Å²) in [5.74, 6) is 0.0494. The number of hydrogen-bond donors (Lipinski definition) is 1. The molecule has 0 aromatic carbocycles. The molecule has 1 aliphatic heterocycles. The van der Waals surface area contributed by atoms with E-state index in [1.807, 2.05) is 0 Å². The maximum absolute atomic E-state index is 12.4. The van der Waals surface area contributed by atoms with Crippen LogP contribution in [0.3, 0.4) is 0 Å². The number of hydrogen-bond acceptors (Lipinski definition) is 3. The van der Waals surface area contributed by atoms with E-state index in [1.54, 1.807) is 0 Å². The third-order valence-electron chi connectivity index (χ3n) is 2.43. The number of halogens is 4. The average molecular weight is 267 g/mol. The van der Waals surface area contributed by atoms with E-state index in [9.17, 15) is 13.2 Å². The summed E-state index contributed by atoms with van der Waals surface area (Å²) in [6, 6.07) is 0.826. The smallest absolute Gasteiger partial charge is 0.417 e. The average Bonchev–Trinajstić information content (AvgIpc) is 2.72. The van der Waals surface area contributed by atoms with Crippen LogP contribution in [-0.4, -0.2) is 24.2 Å². The third-order valence-corrected chi connectivity index (χ3v) is 2.70. The summed E-state index contributed by atoms with van der Waals surface area (Å²) in [5, 5.41) is 2.95. The summed E-state index contributed by atoms with van der Waals surface area (Å²) >= 11 is 5.71. The Labute approximate surface area is 101 Å². The van der Waals surface area contributed by atoms with E-state index < -0.39 is 11.7 Å². The molecule has 1 aromatic heterocycles. The number of alkyl halides is 3. The Kier molecular flexibility index (Phi) is 3.44. The van der Waals surface area contributed by atoms with Gasteiger partial charge in [0.05, 0.1) is 5.56 Å². The van der Waals surface area contributed by atoms with Gasteiger partial charge in [0.2, 0.25) is 5.88 Å². The second-order valence-electron chi connectivity index (χ2n) is 3.74. The van der Waals surface area contributed by atoms with Gasteiger partial charge in [-0.2, -0.15) is 13.2 Å². The zero-order valence-electron chi connectivity index (χ0n) is 8.72. The molecule has 2 rings (SSSR count). The van der Waals surface area contributed by atoms with Crippen LogP contribution in [0, 0.1) is 0 Å². The SMILES string of the molecule is FC(F)(F)c1cnc(O[C@@H]2CCNC2)c(Cl)c1. The van der Waals surface area contributed by atoms with E-state index in [2.05, 4.69) is 10.3 Å². The predicted molar refractivity (Wildman–Crippen MR) is 56.2 cm³/mol. The minimum Gasteiger partial charge on any atom is -0.472 e. The standard InChI is InChI=1S/C10H10ClF3N2O/c11-8-3-6(10(12,13)14)4-16-9(8)17-7-1-2-15-5-7/h3-4,7,15H,1-2,5H2/t7-/m1/s1. The van der Waals surface area contributed by atoms with Crippen LogP contribution in [0.2, 0.25) is 5.02 Å². The molecule has 1 fully saturated rings. The lowest BCUT2D eigenvalue weighted by atomic mass is 10.3. The second-order valence-corrected chi connectivity index (χ2v) is 4.15. The van der Waals surface area contributed by atoms with E-state index in [0.717, 1.165) is 25.2 Å². The number of nitrogens with zero attached hydrogens (tertiary/aromatic N) is 1. The van der Waals surface area contributed by atoms with Gasteiger partial charge in [-0.1, -0.05) is 11.6 Å². The molecule has 0 saturated carbocycles. The van der Waals surface area contributed by atoms with E-state index in [0.29, 0.717) is 6.54 Å². The minimum absolute atomic E-state index is 0.0494. The fourth-order valence-corrected chi connectivity index (χ4v) is 1.76. The first kappa shape index (κ1) is 12.4. The van der Waals surface area contributed by atoms with Crippen LogP contribution in [0.4, 0.5) is 13.2 Å². The molecule has 1 aromatic rings. The van der Waals surface area contributed by atoms with Crippen LogP contribution in [-0.2, 0) is 6.18 Å². The van der Waals surface area contributed by atoms with Crippen molar-refractivity contribution in [1.29, 1.82) is 0 Å². The van der Waals surface area contributed by atoms with Gasteiger partial charge in [-0.15, -0.1) is 0 Å². The molecule has 1 N–H and O–H groups in total. The van der Waals surface area contributed by atoms with Crippen molar-refractivity contribution >= 4 is 11.6 Å². The fraction of sp³-hybridized carbons (Fsp3) is 0.500. The zero-order chi connectivity index (χ0) is 12.5. The Bertz CT molecular complexity index is 405. The number of nitrogens with one attached hydrogen (secondary N) is 1. The molecule has 1 aliphatic rings. The van der Waals surface area contributed by atoms with Gasteiger partial charge in [0, 0.05) is 12.7 Å². The lowest BCUT2D eigenvalue weighted by Gasteiger charge is -2.13. The van der Waals surface area contributed by atoms with Gasteiger partial charge in [0.15, 0.2) is 0 Å². The zero-order valence-corrected chi connectivity index (χ0v) is 9.48. The van der Waals surface area contributed by atoms with Crippen molar-refractivity contribution in [2.45, 2.75) is 18.7 Å². The fourth-order valence-electron chi connectivity index (χ4n) is 1.55. The lowest BCUT2D eigenvalue weighted by molar-refractivity contribution is -0.137. The van der Waals surface area contributed by atoms with Crippen LogP contribution in [0.15, 0.2) is 12.3 Å².